The molecule has 3 aliphatic rings. The molecule has 5 rings (SSSR count). The van der Waals surface area contributed by atoms with Crippen molar-refractivity contribution < 1.29 is 33.3 Å². The molecule has 2 saturated heterocycles. The maximum Gasteiger partial charge on any atom is 0.312 e. The molecule has 0 aromatic heterocycles. The van der Waals surface area contributed by atoms with Crippen LogP contribution in [0.4, 0.5) is 0 Å². The number of amides is 1. The van der Waals surface area contributed by atoms with Crippen LogP contribution in [0.5, 0.6) is 11.5 Å². The largest absolute Gasteiger partial charge is 0.497 e. The van der Waals surface area contributed by atoms with Crippen LogP contribution in [0.2, 0.25) is 0 Å². The van der Waals surface area contributed by atoms with E-state index in [9.17, 15) is 14.4 Å². The number of carbonyl (C=O) groups is 3. The number of nitrogens with zero attached hydrogens (tertiary/aromatic N) is 1. The summed E-state index contributed by atoms with van der Waals surface area (Å²) in [6, 6.07) is 14.7. The maximum absolute atomic E-state index is 13.2. The normalized spacial score (nSPS) is 26.1. The summed E-state index contributed by atoms with van der Waals surface area (Å²) in [5, 5.41) is 0. The third kappa shape index (κ3) is 4.30. The van der Waals surface area contributed by atoms with Gasteiger partial charge in [-0.2, -0.15) is 0 Å². The fraction of sp³-hybridized carbons (Fsp3) is 0.370. The Morgan fingerprint density at radius 1 is 1.09 bits per heavy atom. The van der Waals surface area contributed by atoms with Crippen molar-refractivity contribution in [1.29, 1.82) is 0 Å². The summed E-state index contributed by atoms with van der Waals surface area (Å²) in [5.74, 6) is -0.899. The summed E-state index contributed by atoms with van der Waals surface area (Å²) < 4.78 is 21.7. The van der Waals surface area contributed by atoms with E-state index in [-0.39, 0.29) is 18.3 Å². The summed E-state index contributed by atoms with van der Waals surface area (Å²) in [4.78, 5) is 39.6. The lowest BCUT2D eigenvalue weighted by Crippen LogP contribution is -2.39. The average molecular weight is 478 g/mol. The minimum Gasteiger partial charge on any atom is -0.497 e. The van der Waals surface area contributed by atoms with Crippen molar-refractivity contribution in [2.24, 2.45) is 11.8 Å². The van der Waals surface area contributed by atoms with E-state index in [4.69, 9.17) is 18.9 Å². The molecule has 0 N–H and O–H groups in total. The first-order chi connectivity index (χ1) is 16.9. The Bertz CT molecular complexity index is 1170. The van der Waals surface area contributed by atoms with Gasteiger partial charge in [-0.1, -0.05) is 36.4 Å². The van der Waals surface area contributed by atoms with Gasteiger partial charge in [-0.25, -0.2) is 0 Å². The van der Waals surface area contributed by atoms with Gasteiger partial charge < -0.3 is 23.8 Å². The topological polar surface area (TPSA) is 91.4 Å². The van der Waals surface area contributed by atoms with Crippen LogP contribution in [0, 0.1) is 11.8 Å². The summed E-state index contributed by atoms with van der Waals surface area (Å²) in [6.45, 7) is 0.687. The zero-order chi connectivity index (χ0) is 24.6. The Balaban J connectivity index is 1.20. The Labute approximate surface area is 203 Å². The highest BCUT2D eigenvalue weighted by atomic mass is 16.5. The molecule has 3 aliphatic heterocycles. The second-order valence-electron chi connectivity index (χ2n) is 9.09. The Morgan fingerprint density at radius 3 is 2.63 bits per heavy atom. The van der Waals surface area contributed by atoms with Gasteiger partial charge in [0.1, 0.15) is 23.0 Å². The number of likely N-dealkylation sites (tertiary alicyclic amines) is 1. The van der Waals surface area contributed by atoms with Gasteiger partial charge in [0.25, 0.3) is 0 Å². The highest BCUT2D eigenvalue weighted by molar-refractivity contribution is 5.91. The number of methoxy groups -OCH3 is 2. The van der Waals surface area contributed by atoms with E-state index < -0.39 is 29.5 Å². The number of ether oxygens (including phenoxy) is 4. The van der Waals surface area contributed by atoms with Gasteiger partial charge in [-0.3, -0.25) is 14.4 Å². The highest BCUT2D eigenvalue weighted by Crippen LogP contribution is 2.52. The first kappa shape index (κ1) is 23.1. The highest BCUT2D eigenvalue weighted by Gasteiger charge is 2.67. The van der Waals surface area contributed by atoms with Crippen molar-refractivity contribution in [3.05, 3.63) is 71.8 Å². The minimum atomic E-state index is -0.786. The van der Waals surface area contributed by atoms with Crippen LogP contribution in [0.25, 0.3) is 0 Å². The Morgan fingerprint density at radius 2 is 1.89 bits per heavy atom. The molecule has 8 heteroatoms. The third-order valence-corrected chi connectivity index (χ3v) is 6.93. The molecule has 8 nitrogen and oxygen atoms in total. The molecule has 2 bridgehead atoms. The monoisotopic (exact) mass is 477 g/mol. The van der Waals surface area contributed by atoms with E-state index in [0.717, 1.165) is 16.9 Å². The molecule has 182 valence electrons. The fourth-order valence-corrected chi connectivity index (χ4v) is 5.27. The van der Waals surface area contributed by atoms with Crippen LogP contribution in [-0.4, -0.2) is 55.2 Å². The Kier molecular flexibility index (Phi) is 6.06. The van der Waals surface area contributed by atoms with Crippen molar-refractivity contribution in [3.8, 4) is 11.5 Å². The van der Waals surface area contributed by atoms with Crippen molar-refractivity contribution in [2.75, 3.05) is 20.8 Å². The zero-order valence-corrected chi connectivity index (χ0v) is 19.6. The quantitative estimate of drug-likeness (QED) is 0.328. The number of esters is 2. The first-order valence-electron chi connectivity index (χ1n) is 11.6. The minimum absolute atomic E-state index is 0.130. The predicted molar refractivity (Wildman–Crippen MR) is 125 cm³/mol. The summed E-state index contributed by atoms with van der Waals surface area (Å²) in [6.07, 6.45) is 4.14. The van der Waals surface area contributed by atoms with E-state index in [1.165, 1.54) is 7.11 Å². The lowest BCUT2D eigenvalue weighted by molar-refractivity contribution is -0.151. The average Bonchev–Trinajstić information content (AvgIpc) is 3.51. The van der Waals surface area contributed by atoms with Crippen LogP contribution in [0.15, 0.2) is 60.7 Å². The number of hydrogen-bond donors (Lipinski definition) is 0. The number of fused-ring (bicyclic) bond motifs is 1. The van der Waals surface area contributed by atoms with Crippen LogP contribution in [-0.2, 0) is 36.8 Å². The molecule has 0 saturated carbocycles. The number of carbonyl (C=O) groups excluding carboxylic acids is 3. The second-order valence-corrected chi connectivity index (χ2v) is 9.09. The molecule has 2 fully saturated rings. The van der Waals surface area contributed by atoms with Gasteiger partial charge in [-0.15, -0.1) is 0 Å². The third-order valence-electron chi connectivity index (χ3n) is 6.93. The summed E-state index contributed by atoms with van der Waals surface area (Å²) >= 11 is 0. The first-order valence-corrected chi connectivity index (χ1v) is 11.6. The van der Waals surface area contributed by atoms with Crippen molar-refractivity contribution in [1.82, 2.24) is 4.90 Å². The lowest BCUT2D eigenvalue weighted by atomic mass is 9.77. The molecule has 1 spiro atoms. The molecule has 4 unspecified atom stereocenters. The van der Waals surface area contributed by atoms with Gasteiger partial charge >= 0.3 is 11.9 Å². The molecule has 3 heterocycles. The van der Waals surface area contributed by atoms with E-state index in [0.29, 0.717) is 25.3 Å². The summed E-state index contributed by atoms with van der Waals surface area (Å²) in [7, 11) is 2.94. The van der Waals surface area contributed by atoms with Gasteiger partial charge in [0.05, 0.1) is 32.8 Å². The maximum atomic E-state index is 13.2. The van der Waals surface area contributed by atoms with Crippen molar-refractivity contribution >= 4 is 17.8 Å². The smallest absolute Gasteiger partial charge is 0.312 e. The SMILES string of the molecule is COC(=O)C1C2C=CC3(CN(Cc4cccc(OC(=O)CCc5ccc(OC)cc5)c4)C(=O)C13)O2. The van der Waals surface area contributed by atoms with Crippen molar-refractivity contribution in [3.63, 3.8) is 0 Å². The molecule has 0 radical (unpaired) electrons. The molecule has 1 amide bonds. The predicted octanol–water partition coefficient (Wildman–Crippen LogP) is 2.69. The second kappa shape index (κ2) is 9.19. The molecular formula is C27H27NO7. The molecule has 0 aliphatic carbocycles. The van der Waals surface area contributed by atoms with E-state index >= 15 is 0 Å². The number of hydrogen-bond acceptors (Lipinski definition) is 7. The van der Waals surface area contributed by atoms with Crippen molar-refractivity contribution in [2.45, 2.75) is 31.1 Å². The molecule has 4 atom stereocenters. The summed E-state index contributed by atoms with van der Waals surface area (Å²) in [5.41, 5.74) is 1.06. The van der Waals surface area contributed by atoms with Gasteiger partial charge in [0.2, 0.25) is 5.91 Å². The van der Waals surface area contributed by atoms with Crippen LogP contribution in [0.3, 0.4) is 0 Å². The number of benzene rings is 2. The van der Waals surface area contributed by atoms with Gasteiger partial charge in [0, 0.05) is 13.0 Å². The lowest BCUT2D eigenvalue weighted by Gasteiger charge is -2.22. The molecule has 2 aromatic rings. The molecule has 35 heavy (non-hydrogen) atoms. The van der Waals surface area contributed by atoms with E-state index in [1.54, 1.807) is 30.2 Å². The number of aryl methyl sites for hydroxylation is 1. The number of rotatable bonds is 8. The molecular weight excluding hydrogens is 450 g/mol. The van der Waals surface area contributed by atoms with Gasteiger partial charge in [-0.05, 0) is 41.8 Å². The Hall–Kier alpha value is -3.65. The molecule has 2 aromatic carbocycles. The fourth-order valence-electron chi connectivity index (χ4n) is 5.27. The van der Waals surface area contributed by atoms with Crippen LogP contribution in [0.1, 0.15) is 17.5 Å². The van der Waals surface area contributed by atoms with E-state index in [1.807, 2.05) is 42.5 Å². The van der Waals surface area contributed by atoms with Crippen LogP contribution < -0.4 is 9.47 Å². The standard InChI is InChI=1S/C27H27NO7/c1-32-19-9-6-17(7-10-19)8-11-22(29)34-20-5-3-4-18(14-20)15-28-16-27-13-12-21(35-27)23(26(31)33-2)24(27)25(28)30/h3-7,9-10,12-14,21,23-24H,8,11,15-16H2,1-2H3. The van der Waals surface area contributed by atoms with E-state index in [2.05, 4.69) is 0 Å². The zero-order valence-electron chi connectivity index (χ0n) is 19.6. The van der Waals surface area contributed by atoms with Gasteiger partial charge in [0.15, 0.2) is 0 Å². The van der Waals surface area contributed by atoms with Crippen LogP contribution >= 0.6 is 0 Å².